The Kier molecular flexibility index (Phi) is 25.9. The topological polar surface area (TPSA) is 74.6 Å². The summed E-state index contributed by atoms with van der Waals surface area (Å²) in [6, 6.07) is 0. The van der Waals surface area contributed by atoms with Crippen molar-refractivity contribution in [3.63, 3.8) is 0 Å². The standard InChI is InChI=1S/2Na.H2O4S.H2S.H/c;;1-5(2,3)4;;/h;;(H2,1,2,3,4);1H2;/q;+1;;;/p-1. The zero-order valence-corrected chi connectivity index (χ0v) is 7.28. The molecule has 0 aliphatic heterocycles. The van der Waals surface area contributed by atoms with Gasteiger partial charge in [-0.1, -0.05) is 0 Å². The monoisotopic (exact) mass is 178 g/mol. The summed E-state index contributed by atoms with van der Waals surface area (Å²) in [5, 5.41) is 0. The first kappa shape index (κ1) is 22.5. The molecular formula is H4Na2O4S2. The maximum absolute atomic E-state index is 8.74. The molecule has 0 fully saturated rings. The Bertz CT molecular complexity index is 95.2. The third-order valence-electron chi connectivity index (χ3n) is 0. The van der Waals surface area contributed by atoms with E-state index in [0.29, 0.717) is 0 Å². The first-order chi connectivity index (χ1) is 2.00. The summed E-state index contributed by atoms with van der Waals surface area (Å²) in [7, 11) is -4.67. The second-order valence-electron chi connectivity index (χ2n) is 0.448. The van der Waals surface area contributed by atoms with Crippen LogP contribution in [0.25, 0.3) is 0 Å². The third-order valence-corrected chi connectivity index (χ3v) is 0. The van der Waals surface area contributed by atoms with Crippen LogP contribution in [0.5, 0.6) is 0 Å². The van der Waals surface area contributed by atoms with Crippen LogP contribution in [0.3, 0.4) is 0 Å². The molecule has 0 heterocycles. The van der Waals surface area contributed by atoms with Crippen molar-refractivity contribution in [3.8, 4) is 0 Å². The van der Waals surface area contributed by atoms with E-state index in [9.17, 15) is 0 Å². The summed E-state index contributed by atoms with van der Waals surface area (Å²) in [5.41, 5.74) is 0. The van der Waals surface area contributed by atoms with Crippen LogP contribution in [0.2, 0.25) is 0 Å². The Morgan fingerprint density at radius 1 is 1.12 bits per heavy atom. The van der Waals surface area contributed by atoms with Crippen LogP contribution in [-0.4, -0.2) is 47.1 Å². The van der Waals surface area contributed by atoms with Crippen molar-refractivity contribution in [2.45, 2.75) is 0 Å². The molecule has 0 aliphatic carbocycles. The Labute approximate surface area is 99.0 Å². The van der Waals surface area contributed by atoms with Gasteiger partial charge in [0.1, 0.15) is 0 Å². The summed E-state index contributed by atoms with van der Waals surface area (Å²) >= 11 is 0. The summed E-state index contributed by atoms with van der Waals surface area (Å²) in [6.45, 7) is 0. The molecule has 8 heavy (non-hydrogen) atoms. The fourth-order valence-corrected chi connectivity index (χ4v) is 0. The van der Waals surface area contributed by atoms with Gasteiger partial charge in [0.15, 0.2) is 0 Å². The van der Waals surface area contributed by atoms with Crippen molar-refractivity contribution in [2.24, 2.45) is 0 Å². The molecular weight excluding hydrogens is 174 g/mol. The molecule has 0 rings (SSSR count). The number of hydrogen-bond donors (Lipinski definition) is 2. The minimum Gasteiger partial charge on any atom is -0.813 e. The van der Waals surface area contributed by atoms with Gasteiger partial charge in [-0.15, -0.1) is 0 Å². The second kappa shape index (κ2) is 9.22. The molecule has 0 atom stereocenters. The van der Waals surface area contributed by atoms with Gasteiger partial charge in [-0.2, -0.15) is 8.42 Å². The van der Waals surface area contributed by atoms with Gasteiger partial charge >= 0.3 is 69.5 Å². The van der Waals surface area contributed by atoms with Crippen LogP contribution >= 0.6 is 0 Å². The molecule has 42 valence electrons. The van der Waals surface area contributed by atoms with Crippen LogP contribution < -0.4 is 29.6 Å². The fourth-order valence-electron chi connectivity index (χ4n) is 0. The van der Waals surface area contributed by atoms with Crippen LogP contribution in [0.15, 0.2) is 0 Å². The maximum atomic E-state index is 8.74. The van der Waals surface area contributed by atoms with Crippen molar-refractivity contribution in [2.75, 3.05) is 0 Å². The van der Waals surface area contributed by atoms with Crippen molar-refractivity contribution in [1.29, 1.82) is 0 Å². The van der Waals surface area contributed by atoms with Gasteiger partial charge in [0.2, 0.25) is 0 Å². The van der Waals surface area contributed by atoms with E-state index in [1.165, 1.54) is 0 Å². The van der Waals surface area contributed by atoms with E-state index in [1.54, 1.807) is 0 Å². The average Bonchev–Trinajstić information content (AvgIpc) is 0.722. The Morgan fingerprint density at radius 2 is 1.12 bits per heavy atom. The first-order valence-electron chi connectivity index (χ1n) is 0.698. The summed E-state index contributed by atoms with van der Waals surface area (Å²) < 4.78 is 31.6. The molecule has 2 N–H and O–H groups in total. The molecule has 0 saturated carbocycles. The molecule has 0 spiro atoms. The average molecular weight is 178 g/mol. The zero-order chi connectivity index (χ0) is 4.50. The molecule has 0 aromatic heterocycles. The Balaban J connectivity index is -0.0000000267. The largest absolute Gasteiger partial charge is 0.813 e. The zero-order valence-electron chi connectivity index (χ0n) is 3.57. The predicted molar refractivity (Wildman–Crippen MR) is 30.1 cm³/mol. The van der Waals surface area contributed by atoms with Gasteiger partial charge < -0.3 is 13.5 Å². The van der Waals surface area contributed by atoms with Crippen molar-refractivity contribution in [1.82, 2.24) is 0 Å². The van der Waals surface area contributed by atoms with E-state index < -0.39 is 10.4 Å². The second-order valence-corrected chi connectivity index (χ2v) is 1.34. The van der Waals surface area contributed by atoms with Crippen molar-refractivity contribution < 1.29 is 47.1 Å². The third kappa shape index (κ3) is 86.9. The molecule has 0 aromatic carbocycles. The van der Waals surface area contributed by atoms with E-state index in [4.69, 9.17) is 17.5 Å². The number of hydrogen-bond acceptors (Lipinski definition) is 3. The predicted octanol–water partition coefficient (Wildman–Crippen LogP) is -4.57. The number of rotatable bonds is 0. The molecule has 0 amide bonds. The molecule has 4 nitrogen and oxygen atoms in total. The molecule has 0 aliphatic rings. The molecule has 0 saturated heterocycles. The van der Waals surface area contributed by atoms with E-state index in [2.05, 4.69) is 0 Å². The smallest absolute Gasteiger partial charge is 0.813 e. The minimum absolute atomic E-state index is 0. The Hall–Kier alpha value is 2.22. The Morgan fingerprint density at radius 3 is 1.12 bits per heavy atom. The van der Waals surface area contributed by atoms with E-state index in [-0.39, 0.29) is 72.6 Å². The SMILES string of the molecule is O=S(=O)(O)O.[Na+].[NaH].[SH-]. The molecule has 0 aromatic rings. The quantitative estimate of drug-likeness (QED) is 0.169. The first-order valence-corrected chi connectivity index (χ1v) is 2.10. The molecule has 0 unspecified atom stereocenters. The maximum Gasteiger partial charge on any atom is -0.813 e. The molecule has 0 radical (unpaired) electrons. The van der Waals surface area contributed by atoms with Crippen LogP contribution in [0.1, 0.15) is 0 Å². The fraction of sp³-hybridized carbons (Fsp3) is 0. The normalized spacial score (nSPS) is 7.25. The van der Waals surface area contributed by atoms with E-state index >= 15 is 0 Å². The molecule has 0 bridgehead atoms. The van der Waals surface area contributed by atoms with Gasteiger partial charge in [0.05, 0.1) is 0 Å². The summed E-state index contributed by atoms with van der Waals surface area (Å²) in [5.74, 6) is 0. The van der Waals surface area contributed by atoms with Gasteiger partial charge in [-0.3, -0.25) is 9.11 Å². The number of thiol groups is 1. The summed E-state index contributed by atoms with van der Waals surface area (Å²) in [4.78, 5) is 0. The van der Waals surface area contributed by atoms with Gasteiger partial charge in [0.25, 0.3) is 0 Å². The van der Waals surface area contributed by atoms with Crippen LogP contribution in [0, 0.1) is 0 Å². The van der Waals surface area contributed by atoms with E-state index in [0.717, 1.165) is 0 Å². The minimum atomic E-state index is -4.67. The van der Waals surface area contributed by atoms with Crippen LogP contribution in [0.4, 0.5) is 0 Å². The van der Waals surface area contributed by atoms with Crippen molar-refractivity contribution >= 4 is 53.5 Å². The summed E-state index contributed by atoms with van der Waals surface area (Å²) in [6.07, 6.45) is 0. The van der Waals surface area contributed by atoms with Gasteiger partial charge in [0, 0.05) is 0 Å². The van der Waals surface area contributed by atoms with E-state index in [1.807, 2.05) is 0 Å². The molecule has 8 heteroatoms. The van der Waals surface area contributed by atoms with Gasteiger partial charge in [-0.25, -0.2) is 0 Å². The van der Waals surface area contributed by atoms with Crippen molar-refractivity contribution in [3.05, 3.63) is 0 Å². The van der Waals surface area contributed by atoms with Crippen LogP contribution in [-0.2, 0) is 23.9 Å². The van der Waals surface area contributed by atoms with Gasteiger partial charge in [-0.05, 0) is 0 Å².